The number of amides is 2. The molecule has 4 rings (SSSR count). The highest BCUT2D eigenvalue weighted by Gasteiger charge is 2.35. The van der Waals surface area contributed by atoms with Gasteiger partial charge in [-0.25, -0.2) is 4.39 Å². The SMILES string of the molecule is CC(C)(C(=O)Nc1ccc(C(=O)Nc2cc(-c3ccc(F)cc3)ccc2N)cc1)N1CCNCC1. The van der Waals surface area contributed by atoms with Crippen LogP contribution in [-0.2, 0) is 4.79 Å². The first-order valence-corrected chi connectivity index (χ1v) is 11.6. The van der Waals surface area contributed by atoms with Gasteiger partial charge in [0.2, 0.25) is 5.91 Å². The van der Waals surface area contributed by atoms with Crippen LogP contribution < -0.4 is 21.7 Å². The van der Waals surface area contributed by atoms with Crippen molar-refractivity contribution in [3.05, 3.63) is 78.1 Å². The summed E-state index contributed by atoms with van der Waals surface area (Å²) in [5.74, 6) is -0.737. The van der Waals surface area contributed by atoms with Gasteiger partial charge in [-0.3, -0.25) is 14.5 Å². The van der Waals surface area contributed by atoms with Gasteiger partial charge in [0, 0.05) is 37.4 Å². The van der Waals surface area contributed by atoms with Crippen LogP contribution in [0.3, 0.4) is 0 Å². The first-order chi connectivity index (χ1) is 16.7. The lowest BCUT2D eigenvalue weighted by Crippen LogP contribution is -2.58. The van der Waals surface area contributed by atoms with Crippen molar-refractivity contribution in [3.8, 4) is 11.1 Å². The summed E-state index contributed by atoms with van der Waals surface area (Å²) in [5, 5.41) is 9.09. The van der Waals surface area contributed by atoms with Gasteiger partial charge in [0.05, 0.1) is 16.9 Å². The van der Waals surface area contributed by atoms with Gasteiger partial charge < -0.3 is 21.7 Å². The molecule has 8 heteroatoms. The molecule has 35 heavy (non-hydrogen) atoms. The number of benzene rings is 3. The molecular weight excluding hydrogens is 445 g/mol. The van der Waals surface area contributed by atoms with E-state index in [9.17, 15) is 14.0 Å². The zero-order valence-corrected chi connectivity index (χ0v) is 19.9. The summed E-state index contributed by atoms with van der Waals surface area (Å²) in [6.07, 6.45) is 0. The van der Waals surface area contributed by atoms with Crippen LogP contribution in [-0.4, -0.2) is 48.4 Å². The molecule has 0 unspecified atom stereocenters. The lowest BCUT2D eigenvalue weighted by Gasteiger charge is -2.39. The van der Waals surface area contributed by atoms with Crippen LogP contribution in [0.4, 0.5) is 21.5 Å². The summed E-state index contributed by atoms with van der Waals surface area (Å²) >= 11 is 0. The monoisotopic (exact) mass is 475 g/mol. The minimum Gasteiger partial charge on any atom is -0.397 e. The van der Waals surface area contributed by atoms with Crippen molar-refractivity contribution in [1.82, 2.24) is 10.2 Å². The van der Waals surface area contributed by atoms with Crippen LogP contribution in [0.2, 0.25) is 0 Å². The van der Waals surface area contributed by atoms with Gasteiger partial charge in [0.15, 0.2) is 0 Å². The number of anilines is 3. The van der Waals surface area contributed by atoms with E-state index >= 15 is 0 Å². The predicted octanol–water partition coefficient (Wildman–Crippen LogP) is 3.95. The quantitative estimate of drug-likeness (QED) is 0.405. The number of hydrogen-bond donors (Lipinski definition) is 4. The molecule has 1 aliphatic rings. The van der Waals surface area contributed by atoms with Crippen LogP contribution in [0.1, 0.15) is 24.2 Å². The third-order valence-electron chi connectivity index (χ3n) is 6.35. The Labute approximate surface area is 204 Å². The molecule has 1 fully saturated rings. The van der Waals surface area contributed by atoms with Crippen LogP contribution >= 0.6 is 0 Å². The van der Waals surface area contributed by atoms with E-state index in [0.29, 0.717) is 22.6 Å². The number of nitrogens with zero attached hydrogens (tertiary/aromatic N) is 1. The van der Waals surface area contributed by atoms with E-state index in [0.717, 1.165) is 37.3 Å². The maximum Gasteiger partial charge on any atom is 0.255 e. The van der Waals surface area contributed by atoms with E-state index in [2.05, 4.69) is 20.9 Å². The number of nitrogens with two attached hydrogens (primary N) is 1. The second-order valence-corrected chi connectivity index (χ2v) is 9.09. The molecule has 0 radical (unpaired) electrons. The van der Waals surface area contributed by atoms with E-state index in [1.807, 2.05) is 19.9 Å². The number of halogens is 1. The normalized spacial score (nSPS) is 14.4. The summed E-state index contributed by atoms with van der Waals surface area (Å²) < 4.78 is 13.2. The highest BCUT2D eigenvalue weighted by Crippen LogP contribution is 2.28. The molecule has 0 aromatic heterocycles. The molecule has 3 aromatic carbocycles. The Morgan fingerprint density at radius 2 is 1.54 bits per heavy atom. The molecule has 1 saturated heterocycles. The van der Waals surface area contributed by atoms with Gasteiger partial charge in [-0.15, -0.1) is 0 Å². The molecule has 182 valence electrons. The van der Waals surface area contributed by atoms with Gasteiger partial charge in [-0.1, -0.05) is 18.2 Å². The summed E-state index contributed by atoms with van der Waals surface area (Å²) in [4.78, 5) is 27.9. The third-order valence-corrected chi connectivity index (χ3v) is 6.35. The van der Waals surface area contributed by atoms with E-state index in [1.54, 1.807) is 48.5 Å². The Morgan fingerprint density at radius 3 is 2.20 bits per heavy atom. The molecule has 0 saturated carbocycles. The zero-order valence-electron chi connectivity index (χ0n) is 19.9. The van der Waals surface area contributed by atoms with E-state index < -0.39 is 5.54 Å². The van der Waals surface area contributed by atoms with Crippen molar-refractivity contribution in [3.63, 3.8) is 0 Å². The average molecular weight is 476 g/mol. The van der Waals surface area contributed by atoms with Crippen LogP contribution in [0, 0.1) is 5.82 Å². The van der Waals surface area contributed by atoms with E-state index in [4.69, 9.17) is 5.73 Å². The van der Waals surface area contributed by atoms with Crippen molar-refractivity contribution >= 4 is 28.9 Å². The smallest absolute Gasteiger partial charge is 0.255 e. The molecular formula is C27H30FN5O2. The fourth-order valence-corrected chi connectivity index (χ4v) is 4.04. The minimum atomic E-state index is -0.648. The highest BCUT2D eigenvalue weighted by molar-refractivity contribution is 6.06. The van der Waals surface area contributed by atoms with Crippen molar-refractivity contribution in [1.29, 1.82) is 0 Å². The molecule has 1 heterocycles. The maximum absolute atomic E-state index is 13.2. The Balaban J connectivity index is 1.42. The van der Waals surface area contributed by atoms with Crippen molar-refractivity contribution in [2.24, 2.45) is 0 Å². The minimum absolute atomic E-state index is 0.0954. The van der Waals surface area contributed by atoms with E-state index in [-0.39, 0.29) is 17.6 Å². The van der Waals surface area contributed by atoms with Gasteiger partial charge >= 0.3 is 0 Å². The number of carbonyl (C=O) groups excluding carboxylic acids is 2. The molecule has 0 atom stereocenters. The molecule has 1 aliphatic heterocycles. The zero-order chi connectivity index (χ0) is 25.0. The van der Waals surface area contributed by atoms with Crippen molar-refractivity contribution < 1.29 is 14.0 Å². The van der Waals surface area contributed by atoms with E-state index in [1.165, 1.54) is 12.1 Å². The maximum atomic E-state index is 13.2. The number of nitrogens with one attached hydrogen (secondary N) is 3. The highest BCUT2D eigenvalue weighted by atomic mass is 19.1. The number of nitrogen functional groups attached to an aromatic ring is 1. The summed E-state index contributed by atoms with van der Waals surface area (Å²) in [6.45, 7) is 7.17. The van der Waals surface area contributed by atoms with Crippen LogP contribution in [0.15, 0.2) is 66.7 Å². The average Bonchev–Trinajstić information content (AvgIpc) is 2.87. The second-order valence-electron chi connectivity index (χ2n) is 9.09. The van der Waals surface area contributed by atoms with Crippen molar-refractivity contribution in [2.45, 2.75) is 19.4 Å². The molecule has 7 nitrogen and oxygen atoms in total. The topological polar surface area (TPSA) is 99.5 Å². The Hall–Kier alpha value is -3.75. The Morgan fingerprint density at radius 1 is 0.914 bits per heavy atom. The van der Waals surface area contributed by atoms with Gasteiger partial charge in [-0.2, -0.15) is 0 Å². The number of carbonyl (C=O) groups is 2. The fourth-order valence-electron chi connectivity index (χ4n) is 4.04. The lowest BCUT2D eigenvalue weighted by molar-refractivity contribution is -0.126. The van der Waals surface area contributed by atoms with Crippen molar-refractivity contribution in [2.75, 3.05) is 42.5 Å². The second kappa shape index (κ2) is 10.2. The van der Waals surface area contributed by atoms with Crippen LogP contribution in [0.25, 0.3) is 11.1 Å². The number of rotatable bonds is 6. The summed E-state index contributed by atoms with van der Waals surface area (Å²) in [6, 6.07) is 18.1. The largest absolute Gasteiger partial charge is 0.397 e. The molecule has 3 aromatic rings. The van der Waals surface area contributed by atoms with Gasteiger partial charge in [0.25, 0.3) is 5.91 Å². The standard InChI is InChI=1S/C27H30FN5O2/c1-27(2,33-15-13-30-14-16-33)26(35)31-22-10-5-19(6-11-22)25(34)32-24-17-20(7-12-23(24)29)18-3-8-21(28)9-4-18/h3-12,17,30H,13-16,29H2,1-2H3,(H,31,35)(H,32,34). The predicted molar refractivity (Wildman–Crippen MR) is 138 cm³/mol. The summed E-state index contributed by atoms with van der Waals surface area (Å²) in [5.41, 5.74) is 8.97. The molecule has 0 bridgehead atoms. The Kier molecular flexibility index (Phi) is 7.14. The fraction of sp³-hybridized carbons (Fsp3) is 0.259. The third kappa shape index (κ3) is 5.67. The van der Waals surface area contributed by atoms with Gasteiger partial charge in [0.1, 0.15) is 5.82 Å². The molecule has 5 N–H and O–H groups in total. The number of piperazine rings is 1. The first kappa shape index (κ1) is 24.4. The van der Waals surface area contributed by atoms with Crippen LogP contribution in [0.5, 0.6) is 0 Å². The van der Waals surface area contributed by atoms with Gasteiger partial charge in [-0.05, 0) is 73.5 Å². The molecule has 0 spiro atoms. The first-order valence-electron chi connectivity index (χ1n) is 11.6. The lowest BCUT2D eigenvalue weighted by atomic mass is 10.00. The summed E-state index contributed by atoms with van der Waals surface area (Å²) in [7, 11) is 0. The molecule has 0 aliphatic carbocycles. The Bertz CT molecular complexity index is 1200. The number of hydrogen-bond acceptors (Lipinski definition) is 5. The molecule has 2 amide bonds.